The second-order valence-electron chi connectivity index (χ2n) is 16.9. The van der Waals surface area contributed by atoms with Gasteiger partial charge in [-0.1, -0.05) is 66.0 Å². The molecule has 4 aliphatic carbocycles. The smallest absolute Gasteiger partial charge is 0.306 e. The van der Waals surface area contributed by atoms with E-state index in [0.29, 0.717) is 23.2 Å². The molecule has 7 aliphatic rings. The van der Waals surface area contributed by atoms with Gasteiger partial charge in [-0.15, -0.1) is 0 Å². The summed E-state index contributed by atoms with van der Waals surface area (Å²) in [5.41, 5.74) is 2.53. The van der Waals surface area contributed by atoms with Gasteiger partial charge in [0, 0.05) is 19.4 Å². The van der Waals surface area contributed by atoms with E-state index in [9.17, 15) is 4.79 Å². The molecule has 0 aromatic rings. The van der Waals surface area contributed by atoms with Crippen LogP contribution in [0.3, 0.4) is 0 Å². The number of ether oxygens (including phenoxy) is 1. The number of fused-ring (bicyclic) bond motifs is 8. The van der Waals surface area contributed by atoms with Crippen LogP contribution in [0.1, 0.15) is 131 Å². The predicted molar refractivity (Wildman–Crippen MR) is 169 cm³/mol. The Balaban J connectivity index is 1.06. The maximum absolute atomic E-state index is 13.0. The van der Waals surface area contributed by atoms with Crippen molar-refractivity contribution in [2.45, 2.75) is 138 Å². The van der Waals surface area contributed by atoms with Crippen molar-refractivity contribution < 1.29 is 9.53 Å². The van der Waals surface area contributed by atoms with Gasteiger partial charge in [0.2, 0.25) is 0 Å². The number of carbonyl (C=O) groups excluding carboxylic acids is 1. The van der Waals surface area contributed by atoms with Gasteiger partial charge in [-0.3, -0.25) is 4.79 Å². The number of allylic oxidation sites excluding steroid dienone is 1. The van der Waals surface area contributed by atoms with Crippen LogP contribution in [-0.2, 0) is 9.53 Å². The molecule has 41 heavy (non-hydrogen) atoms. The van der Waals surface area contributed by atoms with Crippen LogP contribution in [-0.4, -0.2) is 36.6 Å². The summed E-state index contributed by atoms with van der Waals surface area (Å²) >= 11 is 0. The van der Waals surface area contributed by atoms with Gasteiger partial charge in [-0.25, -0.2) is 0 Å². The van der Waals surface area contributed by atoms with Crippen LogP contribution in [0.15, 0.2) is 11.6 Å². The number of carbonyl (C=O) groups is 1. The van der Waals surface area contributed by atoms with Crippen LogP contribution in [0.4, 0.5) is 0 Å². The zero-order valence-electron chi connectivity index (χ0n) is 27.6. The molecule has 3 aliphatic heterocycles. The second kappa shape index (κ2) is 11.9. The van der Waals surface area contributed by atoms with Gasteiger partial charge in [0.15, 0.2) is 0 Å². The van der Waals surface area contributed by atoms with Gasteiger partial charge in [0.25, 0.3) is 0 Å². The maximum atomic E-state index is 13.0. The van der Waals surface area contributed by atoms with Gasteiger partial charge in [-0.05, 0) is 141 Å². The highest BCUT2D eigenvalue weighted by Gasteiger charge is 2.59. The van der Waals surface area contributed by atoms with Gasteiger partial charge < -0.3 is 9.64 Å². The Morgan fingerprint density at radius 2 is 1.78 bits per heavy atom. The summed E-state index contributed by atoms with van der Waals surface area (Å²) in [5, 5.41) is 0. The Bertz CT molecular complexity index is 963. The molecule has 10 atom stereocenters. The number of hydrogen-bond acceptors (Lipinski definition) is 3. The third-order valence-electron chi connectivity index (χ3n) is 14.8. The molecule has 3 saturated heterocycles. The Morgan fingerprint density at radius 3 is 2.46 bits per heavy atom. The fraction of sp³-hybridized carbons (Fsp3) is 0.921. The normalized spacial score (nSPS) is 44.9. The van der Waals surface area contributed by atoms with E-state index in [1.54, 1.807) is 5.57 Å². The Kier molecular flexibility index (Phi) is 8.79. The third-order valence-corrected chi connectivity index (χ3v) is 14.8. The van der Waals surface area contributed by atoms with E-state index in [1.807, 2.05) is 0 Å². The number of rotatable bonds is 9. The Morgan fingerprint density at radius 1 is 1.00 bits per heavy atom. The molecule has 7 rings (SSSR count). The lowest BCUT2D eigenvalue weighted by Gasteiger charge is -2.58. The summed E-state index contributed by atoms with van der Waals surface area (Å²) in [6, 6.07) is 0. The first kappa shape index (κ1) is 30.2. The highest BCUT2D eigenvalue weighted by atomic mass is 16.5. The molecule has 3 unspecified atom stereocenters. The molecule has 0 spiro atoms. The largest absolute Gasteiger partial charge is 0.462 e. The van der Waals surface area contributed by atoms with Crippen LogP contribution in [0.25, 0.3) is 0 Å². The lowest BCUT2D eigenvalue weighted by atomic mass is 9.47. The molecule has 6 fully saturated rings. The molecule has 0 radical (unpaired) electrons. The molecule has 0 aromatic carbocycles. The van der Waals surface area contributed by atoms with E-state index < -0.39 is 0 Å². The molecule has 2 bridgehead atoms. The third kappa shape index (κ3) is 5.62. The minimum atomic E-state index is 0.0878. The van der Waals surface area contributed by atoms with E-state index in [4.69, 9.17) is 4.74 Å². The van der Waals surface area contributed by atoms with Crippen LogP contribution in [0.5, 0.6) is 0 Å². The van der Waals surface area contributed by atoms with Crippen molar-refractivity contribution in [3.05, 3.63) is 11.6 Å². The first-order valence-electron chi connectivity index (χ1n) is 18.2. The van der Waals surface area contributed by atoms with E-state index in [0.717, 1.165) is 66.7 Å². The molecular formula is C38H63NO2. The molecule has 0 amide bonds. The lowest BCUT2D eigenvalue weighted by Crippen LogP contribution is -2.51. The molecule has 232 valence electrons. The van der Waals surface area contributed by atoms with Gasteiger partial charge in [0.05, 0.1) is 0 Å². The Hall–Kier alpha value is -0.830. The molecular weight excluding hydrogens is 502 g/mol. The first-order chi connectivity index (χ1) is 19.6. The maximum Gasteiger partial charge on any atom is 0.306 e. The summed E-state index contributed by atoms with van der Waals surface area (Å²) in [4.78, 5) is 15.6. The number of piperidine rings is 3. The number of nitrogens with zero attached hydrogens (tertiary/aromatic N) is 1. The molecule has 0 aromatic heterocycles. The van der Waals surface area contributed by atoms with Crippen molar-refractivity contribution >= 4 is 5.97 Å². The average Bonchev–Trinajstić information content (AvgIpc) is 3.31. The van der Waals surface area contributed by atoms with E-state index in [1.165, 1.54) is 83.7 Å². The minimum Gasteiger partial charge on any atom is -0.462 e. The predicted octanol–water partition coefficient (Wildman–Crippen LogP) is 9.31. The van der Waals surface area contributed by atoms with E-state index in [-0.39, 0.29) is 12.1 Å². The fourth-order valence-electron chi connectivity index (χ4n) is 12.2. The van der Waals surface area contributed by atoms with Crippen LogP contribution in [0, 0.1) is 64.1 Å². The zero-order chi connectivity index (χ0) is 28.9. The van der Waals surface area contributed by atoms with Crippen molar-refractivity contribution in [3.8, 4) is 0 Å². The van der Waals surface area contributed by atoms with E-state index >= 15 is 0 Å². The molecule has 3 heteroatoms. The second-order valence-corrected chi connectivity index (χ2v) is 16.9. The van der Waals surface area contributed by atoms with Gasteiger partial charge >= 0.3 is 5.97 Å². The summed E-state index contributed by atoms with van der Waals surface area (Å²) in [6.45, 7) is 18.8. The lowest BCUT2D eigenvalue weighted by molar-refractivity contribution is -0.154. The Labute approximate surface area is 253 Å². The highest BCUT2D eigenvalue weighted by Crippen LogP contribution is 2.67. The standard InChI is InChI=1S/C38H63NO2/c1-7-27(25(2)3)9-8-26(4)33-12-13-34-32-11-10-30-23-31(14-18-37(30,5)35(32)15-19-38(33,34)6)41-36(40)22-29-24-39-20-16-28(29)17-21-39/h10,25-29,31-35H,7-9,11-24H2,1-6H3/t26?,27?,29?,31-,32-,33+,34-,35-,37-,38+/m0/s1. The zero-order valence-corrected chi connectivity index (χ0v) is 27.6. The first-order valence-corrected chi connectivity index (χ1v) is 18.2. The van der Waals surface area contributed by atoms with E-state index in [2.05, 4.69) is 52.5 Å². The van der Waals surface area contributed by atoms with Crippen molar-refractivity contribution in [1.29, 1.82) is 0 Å². The van der Waals surface area contributed by atoms with Crippen molar-refractivity contribution in [2.24, 2.45) is 64.1 Å². The summed E-state index contributed by atoms with van der Waals surface area (Å²) in [7, 11) is 0. The number of esters is 1. The minimum absolute atomic E-state index is 0.0878. The van der Waals surface area contributed by atoms with Crippen molar-refractivity contribution in [3.63, 3.8) is 0 Å². The van der Waals surface area contributed by atoms with Crippen molar-refractivity contribution in [2.75, 3.05) is 19.6 Å². The quantitative estimate of drug-likeness (QED) is 0.206. The molecule has 3 heterocycles. The highest BCUT2D eigenvalue weighted by molar-refractivity contribution is 5.70. The SMILES string of the molecule is CCC(CCC(C)[C@H]1CC[C@H]2[C@@H]3CC=C4C[C@@H](OC(=O)CC5CN6CCC5CC6)CC[C@]4(C)[C@H]3CC[C@]12C)C(C)C. The fourth-order valence-corrected chi connectivity index (χ4v) is 12.2. The summed E-state index contributed by atoms with van der Waals surface area (Å²) < 4.78 is 6.22. The van der Waals surface area contributed by atoms with Crippen LogP contribution < -0.4 is 0 Å². The van der Waals surface area contributed by atoms with Crippen LogP contribution in [0.2, 0.25) is 0 Å². The number of hydrogen-bond donors (Lipinski definition) is 0. The summed E-state index contributed by atoms with van der Waals surface area (Å²) in [6.07, 6.45) is 20.5. The monoisotopic (exact) mass is 565 g/mol. The van der Waals surface area contributed by atoms with Crippen molar-refractivity contribution in [1.82, 2.24) is 4.90 Å². The molecule has 0 N–H and O–H groups in total. The molecule has 3 saturated carbocycles. The topological polar surface area (TPSA) is 29.5 Å². The average molecular weight is 566 g/mol. The van der Waals surface area contributed by atoms with Crippen LogP contribution >= 0.6 is 0 Å². The van der Waals surface area contributed by atoms with Gasteiger partial charge in [-0.2, -0.15) is 0 Å². The summed E-state index contributed by atoms with van der Waals surface area (Å²) in [5.74, 6) is 7.50. The molecule has 3 nitrogen and oxygen atoms in total. The van der Waals surface area contributed by atoms with Gasteiger partial charge in [0.1, 0.15) is 6.10 Å².